The Bertz CT molecular complexity index is 902. The lowest BCUT2D eigenvalue weighted by Crippen LogP contribution is -2.44. The smallest absolute Gasteiger partial charge is 0.248 e. The van der Waals surface area contributed by atoms with Crippen molar-refractivity contribution in [1.82, 2.24) is 15.3 Å². The Hall–Kier alpha value is -2.90. The molecule has 2 amide bonds. The van der Waals surface area contributed by atoms with Gasteiger partial charge in [0.25, 0.3) is 0 Å². The second-order valence-electron chi connectivity index (χ2n) is 7.04. The fraction of sp³-hybridized carbons (Fsp3) is 0.333. The fourth-order valence-corrected chi connectivity index (χ4v) is 4.13. The van der Waals surface area contributed by atoms with Gasteiger partial charge in [0.05, 0.1) is 19.1 Å². The average molecular weight is 381 g/mol. The standard InChI is InChI=1S/C21H23N3O4/c1-3-23-20(26)17-18(14-9-10-15(25)16(11-14)28-2)22-24(19(17)21(23)27)12-13-7-5-4-6-8-13/h4-11,17-19,22,25H,3,12H2,1-2H3/t17-,18-,19+/m0/s1. The van der Waals surface area contributed by atoms with E-state index in [1.165, 1.54) is 12.0 Å². The molecule has 3 atom stereocenters. The quantitative estimate of drug-likeness (QED) is 0.769. The molecule has 4 rings (SSSR count). The van der Waals surface area contributed by atoms with E-state index in [4.69, 9.17) is 4.74 Å². The molecule has 0 aromatic heterocycles. The number of benzene rings is 2. The first-order valence-electron chi connectivity index (χ1n) is 9.34. The summed E-state index contributed by atoms with van der Waals surface area (Å²) in [5.41, 5.74) is 5.20. The van der Waals surface area contributed by atoms with Crippen LogP contribution in [0.4, 0.5) is 0 Å². The maximum atomic E-state index is 13.0. The number of fused-ring (bicyclic) bond motifs is 1. The zero-order chi connectivity index (χ0) is 19.8. The predicted octanol–water partition coefficient (Wildman–Crippen LogP) is 1.84. The number of likely N-dealkylation sites (tertiary alicyclic amines) is 1. The monoisotopic (exact) mass is 381 g/mol. The van der Waals surface area contributed by atoms with Gasteiger partial charge in [-0.15, -0.1) is 0 Å². The van der Waals surface area contributed by atoms with Crippen LogP contribution < -0.4 is 10.2 Å². The fourth-order valence-electron chi connectivity index (χ4n) is 4.13. The molecule has 0 bridgehead atoms. The molecule has 2 aliphatic rings. The van der Waals surface area contributed by atoms with E-state index in [0.717, 1.165) is 11.1 Å². The number of carbonyl (C=O) groups is 2. The highest BCUT2D eigenvalue weighted by Gasteiger charge is 2.58. The molecule has 2 saturated heterocycles. The number of methoxy groups -OCH3 is 1. The molecule has 7 nitrogen and oxygen atoms in total. The second-order valence-corrected chi connectivity index (χ2v) is 7.04. The minimum Gasteiger partial charge on any atom is -0.504 e. The summed E-state index contributed by atoms with van der Waals surface area (Å²) in [7, 11) is 1.48. The Balaban J connectivity index is 1.71. The van der Waals surface area contributed by atoms with E-state index in [0.29, 0.717) is 18.8 Å². The summed E-state index contributed by atoms with van der Waals surface area (Å²) in [6, 6.07) is 13.9. The number of hydrazine groups is 1. The molecule has 0 spiro atoms. The van der Waals surface area contributed by atoms with Crippen molar-refractivity contribution in [3.63, 3.8) is 0 Å². The molecule has 7 heteroatoms. The van der Waals surface area contributed by atoms with E-state index in [9.17, 15) is 14.7 Å². The van der Waals surface area contributed by atoms with Gasteiger partial charge in [-0.3, -0.25) is 14.5 Å². The molecule has 0 unspecified atom stereocenters. The molecule has 2 aromatic carbocycles. The van der Waals surface area contributed by atoms with Crippen LogP contribution in [0.15, 0.2) is 48.5 Å². The number of imide groups is 1. The van der Waals surface area contributed by atoms with E-state index in [1.807, 2.05) is 42.3 Å². The number of nitrogens with zero attached hydrogens (tertiary/aromatic N) is 2. The third kappa shape index (κ3) is 2.93. The van der Waals surface area contributed by atoms with Gasteiger partial charge in [0.2, 0.25) is 11.8 Å². The molecule has 0 radical (unpaired) electrons. The van der Waals surface area contributed by atoms with Crippen molar-refractivity contribution in [1.29, 1.82) is 0 Å². The SMILES string of the molecule is CCN1C(=O)[C@H]2[C@H](c3ccc(O)c(OC)c3)NN(Cc3ccccc3)[C@H]2C1=O. The second kappa shape index (κ2) is 7.26. The minimum atomic E-state index is -0.558. The number of carbonyl (C=O) groups excluding carboxylic acids is 2. The van der Waals surface area contributed by atoms with Crippen molar-refractivity contribution in [2.75, 3.05) is 13.7 Å². The van der Waals surface area contributed by atoms with E-state index in [2.05, 4.69) is 5.43 Å². The first-order valence-corrected chi connectivity index (χ1v) is 9.34. The number of ether oxygens (including phenoxy) is 1. The largest absolute Gasteiger partial charge is 0.504 e. The molecule has 0 saturated carbocycles. The van der Waals surface area contributed by atoms with E-state index in [-0.39, 0.29) is 23.6 Å². The lowest BCUT2D eigenvalue weighted by Gasteiger charge is -2.24. The van der Waals surface area contributed by atoms with Gasteiger partial charge >= 0.3 is 0 Å². The summed E-state index contributed by atoms with van der Waals surface area (Å²) in [6.07, 6.45) is 0. The maximum absolute atomic E-state index is 13.0. The normalized spacial score (nSPS) is 24.6. The Morgan fingerprint density at radius 2 is 1.86 bits per heavy atom. The van der Waals surface area contributed by atoms with Gasteiger partial charge in [0, 0.05) is 13.1 Å². The van der Waals surface area contributed by atoms with Crippen LogP contribution in [0, 0.1) is 5.92 Å². The van der Waals surface area contributed by atoms with Crippen LogP contribution in [0.3, 0.4) is 0 Å². The lowest BCUT2D eigenvalue weighted by atomic mass is 9.90. The van der Waals surface area contributed by atoms with Crippen LogP contribution >= 0.6 is 0 Å². The van der Waals surface area contributed by atoms with Crippen LogP contribution in [0.25, 0.3) is 0 Å². The Kier molecular flexibility index (Phi) is 4.78. The van der Waals surface area contributed by atoms with Crippen LogP contribution in [0.2, 0.25) is 0 Å². The zero-order valence-electron chi connectivity index (χ0n) is 15.8. The van der Waals surface area contributed by atoms with Crippen molar-refractivity contribution < 1.29 is 19.4 Å². The van der Waals surface area contributed by atoms with Gasteiger partial charge in [0.15, 0.2) is 11.5 Å². The van der Waals surface area contributed by atoms with Crippen molar-refractivity contribution in [3.05, 3.63) is 59.7 Å². The molecule has 0 aliphatic carbocycles. The minimum absolute atomic E-state index is 0.0333. The van der Waals surface area contributed by atoms with E-state index >= 15 is 0 Å². The van der Waals surface area contributed by atoms with Gasteiger partial charge in [-0.25, -0.2) is 10.4 Å². The highest BCUT2D eigenvalue weighted by Crippen LogP contribution is 2.42. The van der Waals surface area contributed by atoms with Crippen LogP contribution in [-0.4, -0.2) is 46.5 Å². The molecule has 2 N–H and O–H groups in total. The highest BCUT2D eigenvalue weighted by atomic mass is 16.5. The van der Waals surface area contributed by atoms with Gasteiger partial charge in [-0.1, -0.05) is 36.4 Å². The topological polar surface area (TPSA) is 82.1 Å². The van der Waals surface area contributed by atoms with Crippen molar-refractivity contribution in [2.24, 2.45) is 5.92 Å². The summed E-state index contributed by atoms with van der Waals surface area (Å²) in [5, 5.41) is 11.8. The summed E-state index contributed by atoms with van der Waals surface area (Å²) < 4.78 is 5.22. The van der Waals surface area contributed by atoms with Gasteiger partial charge in [-0.2, -0.15) is 0 Å². The van der Waals surface area contributed by atoms with Gasteiger partial charge in [0.1, 0.15) is 6.04 Å². The third-order valence-electron chi connectivity index (χ3n) is 5.49. The molecule has 28 heavy (non-hydrogen) atoms. The number of rotatable bonds is 5. The molecule has 2 heterocycles. The van der Waals surface area contributed by atoms with Crippen molar-refractivity contribution in [2.45, 2.75) is 25.6 Å². The third-order valence-corrected chi connectivity index (χ3v) is 5.49. The lowest BCUT2D eigenvalue weighted by molar-refractivity contribution is -0.141. The average Bonchev–Trinajstić information content (AvgIpc) is 3.19. The van der Waals surface area contributed by atoms with Gasteiger partial charge in [-0.05, 0) is 30.2 Å². The summed E-state index contributed by atoms with van der Waals surface area (Å²) >= 11 is 0. The first kappa shape index (κ1) is 18.5. The molecule has 2 aliphatic heterocycles. The Morgan fingerprint density at radius 3 is 2.54 bits per heavy atom. The van der Waals surface area contributed by atoms with Crippen molar-refractivity contribution in [3.8, 4) is 11.5 Å². The number of hydrogen-bond acceptors (Lipinski definition) is 6. The molecular formula is C21H23N3O4. The first-order chi connectivity index (χ1) is 13.5. The molecule has 146 valence electrons. The predicted molar refractivity (Wildman–Crippen MR) is 102 cm³/mol. The summed E-state index contributed by atoms with van der Waals surface area (Å²) in [6.45, 7) is 2.67. The van der Waals surface area contributed by atoms with Crippen molar-refractivity contribution >= 4 is 11.8 Å². The highest BCUT2D eigenvalue weighted by molar-refractivity contribution is 6.07. The molecule has 2 aromatic rings. The summed E-state index contributed by atoms with van der Waals surface area (Å²) in [4.78, 5) is 27.3. The molecule has 2 fully saturated rings. The number of aromatic hydroxyl groups is 1. The zero-order valence-corrected chi connectivity index (χ0v) is 15.8. The number of amides is 2. The Morgan fingerprint density at radius 1 is 1.11 bits per heavy atom. The maximum Gasteiger partial charge on any atom is 0.248 e. The van der Waals surface area contributed by atoms with Crippen LogP contribution in [0.1, 0.15) is 24.1 Å². The summed E-state index contributed by atoms with van der Waals surface area (Å²) in [5.74, 6) is -0.496. The van der Waals surface area contributed by atoms with Crippen LogP contribution in [-0.2, 0) is 16.1 Å². The Labute approximate surface area is 163 Å². The number of likely N-dealkylation sites (N-methyl/N-ethyl adjacent to an activating group) is 1. The molecular weight excluding hydrogens is 358 g/mol. The van der Waals surface area contributed by atoms with Crippen LogP contribution in [0.5, 0.6) is 11.5 Å². The number of phenols is 1. The van der Waals surface area contributed by atoms with Gasteiger partial charge < -0.3 is 9.84 Å². The van der Waals surface area contributed by atoms with E-state index in [1.54, 1.807) is 18.2 Å². The number of nitrogens with one attached hydrogen (secondary N) is 1. The number of hydrogen-bond donors (Lipinski definition) is 2. The number of phenolic OH excluding ortho intramolecular Hbond substituents is 1. The van der Waals surface area contributed by atoms with E-state index < -0.39 is 12.0 Å².